The fraction of sp³-hybridized carbons (Fsp3) is 0.643. The maximum atomic E-state index is 10.8. The molecule has 0 aromatic carbocycles. The van der Waals surface area contributed by atoms with Gasteiger partial charge in [0.2, 0.25) is 0 Å². The molecule has 0 unspecified atom stereocenters. The number of rotatable bonds is 16. The Morgan fingerprint density at radius 1 is 0.429 bits per heavy atom. The van der Waals surface area contributed by atoms with Crippen LogP contribution in [0.25, 0.3) is 0 Å². The molecule has 0 N–H and O–H groups in total. The molecule has 0 atom stereocenters. The quantitative estimate of drug-likeness (QED) is 0.198. The van der Waals surface area contributed by atoms with E-state index >= 15 is 0 Å². The third-order valence-corrected chi connectivity index (χ3v) is 3.23. The van der Waals surface area contributed by atoms with Gasteiger partial charge in [-0.2, -0.15) is 0 Å². The SMILES string of the molecule is O=C([O-])CN(CCN(CC(=O)[O-])CC(=O)[O-])CCN(CC(=O)[O-])CC(=O)[O-].[99Tc+5]. The Balaban J connectivity index is 0. The average molecular weight is 487 g/mol. The van der Waals surface area contributed by atoms with Crippen LogP contribution < -0.4 is 25.5 Å². The maximum Gasteiger partial charge on any atom is 5.00 e. The molecule has 156 valence electrons. The summed E-state index contributed by atoms with van der Waals surface area (Å²) < 4.78 is 0. The van der Waals surface area contributed by atoms with Crippen LogP contribution in [-0.4, -0.2) is 103 Å². The molecule has 0 aromatic heterocycles. The van der Waals surface area contributed by atoms with Crippen LogP contribution >= 0.6 is 0 Å². The minimum absolute atomic E-state index is 0. The molecule has 0 aromatic rings. The first-order valence-electron chi connectivity index (χ1n) is 7.66. The van der Waals surface area contributed by atoms with E-state index in [9.17, 15) is 49.5 Å². The molecule has 0 rings (SSSR count). The molecule has 0 saturated carbocycles. The number of carboxylic acids is 5. The van der Waals surface area contributed by atoms with Crippen LogP contribution in [0.4, 0.5) is 0 Å². The van der Waals surface area contributed by atoms with Crippen molar-refractivity contribution < 1.29 is 69.6 Å². The van der Waals surface area contributed by atoms with Gasteiger partial charge in [0, 0.05) is 58.9 Å². The monoisotopic (exact) mass is 487 g/mol. The van der Waals surface area contributed by atoms with E-state index in [0.717, 1.165) is 9.80 Å². The number of hydrogen-bond acceptors (Lipinski definition) is 13. The molecule has 0 radical (unpaired) electrons. The predicted octanol–water partition coefficient (Wildman–Crippen LogP) is -9.36. The second kappa shape index (κ2) is 14.9. The summed E-state index contributed by atoms with van der Waals surface area (Å²) in [6.07, 6.45) is 0. The number of carbonyl (C=O) groups is 5. The first kappa shape index (κ1) is 28.1. The molecule has 0 heterocycles. The Morgan fingerprint density at radius 3 is 0.821 bits per heavy atom. The summed E-state index contributed by atoms with van der Waals surface area (Å²) in [7, 11) is 0. The molecule has 0 aliphatic heterocycles. The maximum absolute atomic E-state index is 10.8. The van der Waals surface area contributed by atoms with E-state index in [0.29, 0.717) is 0 Å². The Kier molecular flexibility index (Phi) is 14.9. The van der Waals surface area contributed by atoms with Gasteiger partial charge in [0.25, 0.3) is 0 Å². The van der Waals surface area contributed by atoms with Gasteiger partial charge in [-0.25, -0.2) is 0 Å². The molecule has 0 amide bonds. The smallest absolute Gasteiger partial charge is 0.549 e. The summed E-state index contributed by atoms with van der Waals surface area (Å²) in [5, 5.41) is 53.3. The average Bonchev–Trinajstić information content (AvgIpc) is 2.46. The largest absolute Gasteiger partial charge is 5.00 e. The van der Waals surface area contributed by atoms with Gasteiger partial charge in [0.15, 0.2) is 0 Å². The third-order valence-electron chi connectivity index (χ3n) is 3.23. The molecular formula is C14H18N3O10Tc. The van der Waals surface area contributed by atoms with Gasteiger partial charge in [-0.3, -0.25) is 14.7 Å². The first-order valence-corrected chi connectivity index (χ1v) is 7.66. The fourth-order valence-corrected chi connectivity index (χ4v) is 2.18. The van der Waals surface area contributed by atoms with E-state index in [1.54, 1.807) is 0 Å². The molecule has 0 fully saturated rings. The zero-order valence-corrected chi connectivity index (χ0v) is 16.5. The van der Waals surface area contributed by atoms with Crippen molar-refractivity contribution in [3.05, 3.63) is 0 Å². The Hall–Kier alpha value is -2.12. The van der Waals surface area contributed by atoms with Gasteiger partial charge in [0.05, 0.1) is 29.8 Å². The van der Waals surface area contributed by atoms with Crippen LogP contribution in [0.15, 0.2) is 0 Å². The van der Waals surface area contributed by atoms with Crippen molar-refractivity contribution in [1.29, 1.82) is 0 Å². The van der Waals surface area contributed by atoms with Crippen molar-refractivity contribution in [2.45, 2.75) is 0 Å². The molecule has 0 bridgehead atoms. The molecule has 0 spiro atoms. The summed E-state index contributed by atoms with van der Waals surface area (Å²) in [5.41, 5.74) is 0. The van der Waals surface area contributed by atoms with Gasteiger partial charge < -0.3 is 49.5 Å². The third kappa shape index (κ3) is 16.1. The van der Waals surface area contributed by atoms with Crippen LogP contribution in [0.2, 0.25) is 0 Å². The number of carboxylic acid groups (broad SMARTS) is 5. The summed E-state index contributed by atoms with van der Waals surface area (Å²) >= 11 is 0. The van der Waals surface area contributed by atoms with Crippen LogP contribution in [-0.2, 0) is 44.1 Å². The molecule has 0 aliphatic carbocycles. The van der Waals surface area contributed by atoms with E-state index in [1.807, 2.05) is 0 Å². The number of nitrogens with zero attached hydrogens (tertiary/aromatic N) is 3. The summed E-state index contributed by atoms with van der Waals surface area (Å²) in [5.74, 6) is -7.67. The van der Waals surface area contributed by atoms with Crippen LogP contribution in [0.1, 0.15) is 0 Å². The van der Waals surface area contributed by atoms with Gasteiger partial charge in [-0.05, 0) is 0 Å². The van der Waals surface area contributed by atoms with E-state index in [2.05, 4.69) is 0 Å². The Labute approximate surface area is 173 Å². The van der Waals surface area contributed by atoms with Crippen molar-refractivity contribution in [2.24, 2.45) is 0 Å². The van der Waals surface area contributed by atoms with Gasteiger partial charge in [-0.1, -0.05) is 0 Å². The summed E-state index contributed by atoms with van der Waals surface area (Å²) in [6, 6.07) is 0. The zero-order valence-electron chi connectivity index (χ0n) is 14.7. The van der Waals surface area contributed by atoms with Crippen LogP contribution in [0.3, 0.4) is 0 Å². The Bertz CT molecular complexity index is 487. The predicted molar refractivity (Wildman–Crippen MR) is 74.4 cm³/mol. The second-order valence-corrected chi connectivity index (χ2v) is 5.56. The zero-order chi connectivity index (χ0) is 21.0. The Morgan fingerprint density at radius 2 is 0.607 bits per heavy atom. The molecule has 0 saturated heterocycles. The number of carbonyl (C=O) groups excluding carboxylic acids is 5. The molecule has 0 aliphatic rings. The van der Waals surface area contributed by atoms with E-state index < -0.39 is 62.6 Å². The topological polar surface area (TPSA) is 210 Å². The normalized spacial score (nSPS) is 10.7. The van der Waals surface area contributed by atoms with Crippen molar-refractivity contribution in [1.82, 2.24) is 14.7 Å². The minimum Gasteiger partial charge on any atom is -0.549 e. The van der Waals surface area contributed by atoms with E-state index in [4.69, 9.17) is 0 Å². The standard InChI is InChI=1S/C14H23N3O10.Tc/c18-10(19)5-15(1-3-16(6-11(20)21)7-12(22)23)2-4-17(8-13(24)25)9-14(26)27;/h1-9H2,(H,18,19)(H,20,21)(H,22,23)(H,24,25)(H,26,27);/q;+5/p-5/i;1+1. The summed E-state index contributed by atoms with van der Waals surface area (Å²) in [6.45, 7) is -4.16. The van der Waals surface area contributed by atoms with Crippen molar-refractivity contribution in [3.63, 3.8) is 0 Å². The minimum atomic E-state index is -1.54. The van der Waals surface area contributed by atoms with E-state index in [1.165, 1.54) is 4.90 Å². The fourth-order valence-electron chi connectivity index (χ4n) is 2.18. The van der Waals surface area contributed by atoms with Crippen molar-refractivity contribution in [2.75, 3.05) is 58.9 Å². The van der Waals surface area contributed by atoms with Gasteiger partial charge in [-0.15, -0.1) is 0 Å². The number of hydrogen-bond donors (Lipinski definition) is 0. The van der Waals surface area contributed by atoms with Crippen LogP contribution in [0, 0.1) is 0 Å². The van der Waals surface area contributed by atoms with Crippen molar-refractivity contribution >= 4 is 29.8 Å². The molecule has 13 nitrogen and oxygen atoms in total. The second-order valence-electron chi connectivity index (χ2n) is 5.56. The van der Waals surface area contributed by atoms with Gasteiger partial charge in [0.1, 0.15) is 0 Å². The van der Waals surface area contributed by atoms with Crippen molar-refractivity contribution in [3.8, 4) is 0 Å². The molecule has 28 heavy (non-hydrogen) atoms. The van der Waals surface area contributed by atoms with E-state index in [-0.39, 0.29) is 46.3 Å². The molecule has 14 heteroatoms. The molecular weight excluding hydrogens is 469 g/mol. The number of aliphatic carboxylic acids is 5. The van der Waals surface area contributed by atoms with Crippen LogP contribution in [0.5, 0.6) is 0 Å². The van der Waals surface area contributed by atoms with Gasteiger partial charge >= 0.3 is 20.1 Å². The summed E-state index contributed by atoms with van der Waals surface area (Å²) in [4.78, 5) is 56.4. The first-order chi connectivity index (χ1) is 12.5.